The number of H-pyrrole nitrogens is 1. The monoisotopic (exact) mass is 278 g/mol. The molecule has 0 aromatic carbocycles. The number of aromatic nitrogens is 2. The van der Waals surface area contributed by atoms with Crippen molar-refractivity contribution in [3.05, 3.63) is 22.9 Å². The highest BCUT2D eigenvalue weighted by Crippen LogP contribution is 2.24. The first-order valence-electron chi connectivity index (χ1n) is 3.39. The fourth-order valence-electron chi connectivity index (χ4n) is 1.09. The van der Waals surface area contributed by atoms with Gasteiger partial charge in [0.1, 0.15) is 15.7 Å². The summed E-state index contributed by atoms with van der Waals surface area (Å²) >= 11 is 3.28. The fourth-order valence-corrected chi connectivity index (χ4v) is 2.28. The van der Waals surface area contributed by atoms with Crippen molar-refractivity contribution in [2.75, 3.05) is 0 Å². The second-order valence-electron chi connectivity index (χ2n) is 2.43. The first kappa shape index (κ1) is 9.18. The molecule has 0 aliphatic heterocycles. The Kier molecular flexibility index (Phi) is 2.40. The SMILES string of the molecule is O=S(Cl)c1c[nH]c2ncc(Br)cc12. The molecule has 1 atom stereocenters. The Hall–Kier alpha value is -0.390. The van der Waals surface area contributed by atoms with Gasteiger partial charge in [0.25, 0.3) is 0 Å². The van der Waals surface area contributed by atoms with E-state index >= 15 is 0 Å². The lowest BCUT2D eigenvalue weighted by Crippen LogP contribution is -1.79. The minimum atomic E-state index is -1.50. The van der Waals surface area contributed by atoms with E-state index < -0.39 is 10.0 Å². The second kappa shape index (κ2) is 3.40. The van der Waals surface area contributed by atoms with Crippen LogP contribution in [0.5, 0.6) is 0 Å². The van der Waals surface area contributed by atoms with Crippen molar-refractivity contribution >= 4 is 47.7 Å². The van der Waals surface area contributed by atoms with Gasteiger partial charge < -0.3 is 4.98 Å². The summed E-state index contributed by atoms with van der Waals surface area (Å²) in [6.45, 7) is 0. The molecule has 1 unspecified atom stereocenters. The van der Waals surface area contributed by atoms with Crippen molar-refractivity contribution in [3.63, 3.8) is 0 Å². The van der Waals surface area contributed by atoms with Crippen LogP contribution in [0.25, 0.3) is 11.0 Å². The zero-order valence-corrected chi connectivity index (χ0v) is 9.41. The maximum Gasteiger partial charge on any atom is 0.149 e. The van der Waals surface area contributed by atoms with Crippen molar-refractivity contribution < 1.29 is 4.21 Å². The minimum Gasteiger partial charge on any atom is -0.345 e. The predicted octanol–water partition coefficient (Wildman–Crippen LogP) is 2.59. The van der Waals surface area contributed by atoms with Crippen LogP contribution in [0, 0.1) is 0 Å². The van der Waals surface area contributed by atoms with Crippen LogP contribution in [0.4, 0.5) is 0 Å². The van der Waals surface area contributed by atoms with E-state index in [1.807, 2.05) is 6.07 Å². The molecule has 1 N–H and O–H groups in total. The van der Waals surface area contributed by atoms with Gasteiger partial charge in [-0.1, -0.05) is 0 Å². The molecule has 68 valence electrons. The number of pyridine rings is 1. The van der Waals surface area contributed by atoms with Crippen LogP contribution in [0.3, 0.4) is 0 Å². The molecule has 0 saturated carbocycles. The van der Waals surface area contributed by atoms with Gasteiger partial charge in [0.05, 0.1) is 4.90 Å². The van der Waals surface area contributed by atoms with Crippen LogP contribution >= 0.6 is 26.6 Å². The third kappa shape index (κ3) is 1.63. The van der Waals surface area contributed by atoms with E-state index in [0.29, 0.717) is 10.5 Å². The molecule has 0 fully saturated rings. The van der Waals surface area contributed by atoms with Crippen LogP contribution in [0.15, 0.2) is 27.8 Å². The Labute approximate surface area is 89.6 Å². The number of halogens is 2. The molecule has 2 aromatic heterocycles. The largest absolute Gasteiger partial charge is 0.345 e. The van der Waals surface area contributed by atoms with Crippen molar-refractivity contribution in [2.45, 2.75) is 4.90 Å². The molecule has 0 radical (unpaired) electrons. The maximum atomic E-state index is 11.0. The summed E-state index contributed by atoms with van der Waals surface area (Å²) in [6, 6.07) is 1.83. The summed E-state index contributed by atoms with van der Waals surface area (Å²) in [6.07, 6.45) is 3.27. The summed E-state index contributed by atoms with van der Waals surface area (Å²) in [5, 5.41) is 0.780. The van der Waals surface area contributed by atoms with E-state index in [0.717, 1.165) is 9.86 Å². The smallest absolute Gasteiger partial charge is 0.149 e. The number of nitrogens with zero attached hydrogens (tertiary/aromatic N) is 1. The zero-order chi connectivity index (χ0) is 9.42. The highest BCUT2D eigenvalue weighted by Gasteiger charge is 2.09. The van der Waals surface area contributed by atoms with Gasteiger partial charge in [-0.3, -0.25) is 0 Å². The Bertz CT molecular complexity index is 484. The molecular weight excluding hydrogens is 276 g/mol. The Morgan fingerprint density at radius 2 is 2.38 bits per heavy atom. The second-order valence-corrected chi connectivity index (χ2v) is 5.07. The molecule has 3 nitrogen and oxygen atoms in total. The molecule has 6 heteroatoms. The lowest BCUT2D eigenvalue weighted by Gasteiger charge is -1.92. The van der Waals surface area contributed by atoms with E-state index in [1.54, 1.807) is 12.4 Å². The quantitative estimate of drug-likeness (QED) is 0.816. The number of fused-ring (bicyclic) bond motifs is 1. The number of nitrogens with one attached hydrogen (secondary N) is 1. The summed E-state index contributed by atoms with van der Waals surface area (Å²) in [5.41, 5.74) is 0.687. The van der Waals surface area contributed by atoms with Crippen LogP contribution in [-0.2, 0) is 10.0 Å². The molecule has 2 aromatic rings. The third-order valence-electron chi connectivity index (χ3n) is 1.63. The minimum absolute atomic E-state index is 0.561. The molecule has 0 bridgehead atoms. The molecule has 0 saturated heterocycles. The molecular formula is C7H4BrClN2OS. The van der Waals surface area contributed by atoms with E-state index in [-0.39, 0.29) is 0 Å². The molecule has 2 rings (SSSR count). The molecule has 0 aliphatic carbocycles. The average molecular weight is 280 g/mol. The van der Waals surface area contributed by atoms with Gasteiger partial charge in [0, 0.05) is 22.3 Å². The molecule has 0 spiro atoms. The number of aromatic amines is 1. The van der Waals surface area contributed by atoms with Gasteiger partial charge in [0.15, 0.2) is 0 Å². The normalized spacial score (nSPS) is 13.4. The number of hydrogen-bond acceptors (Lipinski definition) is 2. The van der Waals surface area contributed by atoms with E-state index in [9.17, 15) is 4.21 Å². The van der Waals surface area contributed by atoms with Crippen molar-refractivity contribution in [3.8, 4) is 0 Å². The lowest BCUT2D eigenvalue weighted by atomic mass is 10.3. The lowest BCUT2D eigenvalue weighted by molar-refractivity contribution is 0.691. The first-order chi connectivity index (χ1) is 6.18. The highest BCUT2D eigenvalue weighted by molar-refractivity contribution is 9.10. The summed E-state index contributed by atoms with van der Waals surface area (Å²) in [5.74, 6) is 0. The molecule has 0 aliphatic rings. The Balaban J connectivity index is 2.79. The number of hydrogen-bond donors (Lipinski definition) is 1. The van der Waals surface area contributed by atoms with Gasteiger partial charge in [0.2, 0.25) is 0 Å². The standard InChI is InChI=1S/C7H4BrClN2OS/c8-4-1-5-6(13(9)12)3-11-7(5)10-2-4/h1-3H,(H,10,11). The molecule has 13 heavy (non-hydrogen) atoms. The zero-order valence-electron chi connectivity index (χ0n) is 6.25. The van der Waals surface area contributed by atoms with Crippen molar-refractivity contribution in [2.24, 2.45) is 0 Å². The van der Waals surface area contributed by atoms with Gasteiger partial charge in [-0.25, -0.2) is 9.19 Å². The third-order valence-corrected chi connectivity index (χ3v) is 3.25. The van der Waals surface area contributed by atoms with Crippen LogP contribution in [0.2, 0.25) is 0 Å². The summed E-state index contributed by atoms with van der Waals surface area (Å²) in [4.78, 5) is 7.54. The fraction of sp³-hybridized carbons (Fsp3) is 0. The first-order valence-corrected chi connectivity index (χ1v) is 6.16. The van der Waals surface area contributed by atoms with E-state index in [2.05, 4.69) is 25.9 Å². The average Bonchev–Trinajstić information content (AvgIpc) is 2.46. The molecule has 2 heterocycles. The summed E-state index contributed by atoms with van der Waals surface area (Å²) in [7, 11) is 3.98. The van der Waals surface area contributed by atoms with Crippen molar-refractivity contribution in [1.82, 2.24) is 9.97 Å². The maximum absolute atomic E-state index is 11.0. The van der Waals surface area contributed by atoms with Crippen LogP contribution in [-0.4, -0.2) is 14.2 Å². The van der Waals surface area contributed by atoms with Gasteiger partial charge in [-0.15, -0.1) is 0 Å². The van der Waals surface area contributed by atoms with E-state index in [4.69, 9.17) is 10.7 Å². The van der Waals surface area contributed by atoms with Gasteiger partial charge in [-0.2, -0.15) is 0 Å². The van der Waals surface area contributed by atoms with Crippen LogP contribution < -0.4 is 0 Å². The Morgan fingerprint density at radius 1 is 1.62 bits per heavy atom. The number of rotatable bonds is 1. The van der Waals surface area contributed by atoms with E-state index in [1.165, 1.54) is 0 Å². The summed E-state index contributed by atoms with van der Waals surface area (Å²) < 4.78 is 11.9. The van der Waals surface area contributed by atoms with Gasteiger partial charge in [-0.05, 0) is 32.7 Å². The van der Waals surface area contributed by atoms with Gasteiger partial charge >= 0.3 is 0 Å². The Morgan fingerprint density at radius 3 is 3.08 bits per heavy atom. The van der Waals surface area contributed by atoms with Crippen LogP contribution in [0.1, 0.15) is 0 Å². The highest BCUT2D eigenvalue weighted by atomic mass is 79.9. The molecule has 0 amide bonds. The topological polar surface area (TPSA) is 45.8 Å². The van der Waals surface area contributed by atoms with Crippen molar-refractivity contribution in [1.29, 1.82) is 0 Å². The predicted molar refractivity (Wildman–Crippen MR) is 56.1 cm³/mol.